The molecule has 3 aromatic carbocycles. The maximum atomic E-state index is 13.0. The molecule has 31 heavy (non-hydrogen) atoms. The summed E-state index contributed by atoms with van der Waals surface area (Å²) in [6.07, 6.45) is 0. The van der Waals surface area contributed by atoms with E-state index in [1.165, 1.54) is 36.4 Å². The molecule has 0 bridgehead atoms. The van der Waals surface area contributed by atoms with Crippen molar-refractivity contribution < 1.29 is 24.3 Å². The molecule has 0 saturated carbocycles. The van der Waals surface area contributed by atoms with Crippen molar-refractivity contribution in [2.24, 2.45) is 0 Å². The minimum absolute atomic E-state index is 0.0761. The van der Waals surface area contributed by atoms with Crippen molar-refractivity contribution in [1.82, 2.24) is 0 Å². The summed E-state index contributed by atoms with van der Waals surface area (Å²) < 4.78 is 0. The molecular formula is C24H17N2O5-. The van der Waals surface area contributed by atoms with Gasteiger partial charge in [0.1, 0.15) is 0 Å². The predicted octanol–water partition coefficient (Wildman–Crippen LogP) is 2.72. The normalized spacial score (nSPS) is 12.6. The summed E-state index contributed by atoms with van der Waals surface area (Å²) in [6, 6.07) is 15.3. The number of rotatable bonds is 4. The first kappa shape index (κ1) is 20.0. The Morgan fingerprint density at radius 3 is 2.26 bits per heavy atom. The zero-order valence-electron chi connectivity index (χ0n) is 16.8. The number of fused-ring (bicyclic) bond motifs is 1. The minimum Gasteiger partial charge on any atom is -0.545 e. The van der Waals surface area contributed by atoms with E-state index in [0.717, 1.165) is 16.0 Å². The monoisotopic (exact) mass is 413 g/mol. The number of imide groups is 1. The van der Waals surface area contributed by atoms with Crippen LogP contribution in [0.2, 0.25) is 0 Å². The van der Waals surface area contributed by atoms with E-state index in [1.54, 1.807) is 18.2 Å². The molecule has 0 aromatic heterocycles. The molecule has 7 heteroatoms. The predicted molar refractivity (Wildman–Crippen MR) is 112 cm³/mol. The van der Waals surface area contributed by atoms with Gasteiger partial charge in [-0.3, -0.25) is 14.4 Å². The number of carboxylic acid groups (broad SMARTS) is 1. The van der Waals surface area contributed by atoms with Crippen LogP contribution in [0.3, 0.4) is 0 Å². The molecule has 0 fully saturated rings. The minimum atomic E-state index is -1.42. The van der Waals surface area contributed by atoms with Gasteiger partial charge in [0.05, 0.1) is 28.5 Å². The van der Waals surface area contributed by atoms with E-state index in [0.29, 0.717) is 5.69 Å². The smallest absolute Gasteiger partial charge is 0.266 e. The molecule has 1 heterocycles. The second-order valence-corrected chi connectivity index (χ2v) is 7.26. The largest absolute Gasteiger partial charge is 0.545 e. The van der Waals surface area contributed by atoms with E-state index >= 15 is 0 Å². The number of anilines is 2. The first-order valence-electron chi connectivity index (χ1n) is 9.49. The lowest BCUT2D eigenvalue weighted by Crippen LogP contribution is -2.29. The standard InChI is InChI=1S/C24H18N2O5/c1-13-7-9-16(11-14(13)2)26-22(28)17-10-8-15(12-19(17)23(26)29)21(27)25-20-6-4-3-5-18(20)24(30)31/h3-12H,1-2H3,(H,25,27)(H,30,31)/p-1. The van der Waals surface area contributed by atoms with Crippen LogP contribution in [0.5, 0.6) is 0 Å². The molecule has 0 saturated heterocycles. The third-order valence-corrected chi connectivity index (χ3v) is 5.29. The number of carbonyl (C=O) groups is 4. The fraction of sp³-hybridized carbons (Fsp3) is 0.0833. The Bertz CT molecular complexity index is 1280. The molecule has 1 aliphatic heterocycles. The zero-order chi connectivity index (χ0) is 22.3. The number of benzene rings is 3. The Balaban J connectivity index is 1.65. The number of carboxylic acids is 1. The number of nitrogens with zero attached hydrogens (tertiary/aromatic N) is 1. The highest BCUT2D eigenvalue weighted by atomic mass is 16.4. The van der Waals surface area contributed by atoms with Crippen molar-refractivity contribution in [3.05, 3.63) is 94.0 Å². The highest BCUT2D eigenvalue weighted by Crippen LogP contribution is 2.30. The maximum Gasteiger partial charge on any atom is 0.266 e. The van der Waals surface area contributed by atoms with E-state index in [2.05, 4.69) is 5.32 Å². The van der Waals surface area contributed by atoms with E-state index in [-0.39, 0.29) is 27.9 Å². The second-order valence-electron chi connectivity index (χ2n) is 7.26. The van der Waals surface area contributed by atoms with E-state index in [9.17, 15) is 24.3 Å². The summed E-state index contributed by atoms with van der Waals surface area (Å²) in [4.78, 5) is 50.8. The van der Waals surface area contributed by atoms with Crippen LogP contribution < -0.4 is 15.3 Å². The van der Waals surface area contributed by atoms with Crippen LogP contribution in [0.1, 0.15) is 52.6 Å². The molecule has 154 valence electrons. The summed E-state index contributed by atoms with van der Waals surface area (Å²) in [6.45, 7) is 3.83. The first-order valence-corrected chi connectivity index (χ1v) is 9.49. The Morgan fingerprint density at radius 2 is 1.55 bits per heavy atom. The molecule has 0 aliphatic carbocycles. The number of amides is 3. The quantitative estimate of drug-likeness (QED) is 0.662. The fourth-order valence-electron chi connectivity index (χ4n) is 3.45. The molecule has 1 aliphatic rings. The molecule has 3 aromatic rings. The Kier molecular flexibility index (Phi) is 4.87. The van der Waals surface area contributed by atoms with Crippen LogP contribution in [0.4, 0.5) is 11.4 Å². The van der Waals surface area contributed by atoms with Gasteiger partial charge in [0, 0.05) is 11.1 Å². The van der Waals surface area contributed by atoms with Crippen LogP contribution >= 0.6 is 0 Å². The third kappa shape index (κ3) is 3.46. The maximum absolute atomic E-state index is 13.0. The van der Waals surface area contributed by atoms with Crippen molar-refractivity contribution in [3.63, 3.8) is 0 Å². The topological polar surface area (TPSA) is 107 Å². The van der Waals surface area contributed by atoms with Gasteiger partial charge < -0.3 is 15.2 Å². The lowest BCUT2D eigenvalue weighted by Gasteiger charge is -2.15. The molecule has 1 N–H and O–H groups in total. The number of hydrogen-bond acceptors (Lipinski definition) is 5. The molecule has 0 radical (unpaired) electrons. The van der Waals surface area contributed by atoms with Crippen LogP contribution in [0, 0.1) is 13.8 Å². The van der Waals surface area contributed by atoms with Gasteiger partial charge in [-0.05, 0) is 61.4 Å². The molecule has 7 nitrogen and oxygen atoms in total. The number of para-hydroxylation sites is 1. The molecule has 0 unspecified atom stereocenters. The summed E-state index contributed by atoms with van der Waals surface area (Å²) in [7, 11) is 0. The SMILES string of the molecule is Cc1ccc(N2C(=O)c3ccc(C(=O)Nc4ccccc4C(=O)[O-])cc3C2=O)cc1C. The van der Waals surface area contributed by atoms with Crippen LogP contribution in [0.25, 0.3) is 0 Å². The number of hydrogen-bond donors (Lipinski definition) is 1. The van der Waals surface area contributed by atoms with Gasteiger partial charge in [0.25, 0.3) is 17.7 Å². The summed E-state index contributed by atoms with van der Waals surface area (Å²) in [5.74, 6) is -3.01. The highest BCUT2D eigenvalue weighted by Gasteiger charge is 2.37. The summed E-state index contributed by atoms with van der Waals surface area (Å²) in [5.41, 5.74) is 2.80. The number of carbonyl (C=O) groups excluding carboxylic acids is 4. The van der Waals surface area contributed by atoms with Gasteiger partial charge in [-0.25, -0.2) is 4.90 Å². The molecular weight excluding hydrogens is 396 g/mol. The summed E-state index contributed by atoms with van der Waals surface area (Å²) in [5, 5.41) is 13.8. The molecule has 0 atom stereocenters. The Labute approximate surface area is 177 Å². The Morgan fingerprint density at radius 1 is 0.839 bits per heavy atom. The number of aryl methyl sites for hydroxylation is 2. The second kappa shape index (κ2) is 7.53. The van der Waals surface area contributed by atoms with Gasteiger partial charge >= 0.3 is 0 Å². The lowest BCUT2D eigenvalue weighted by atomic mass is 10.0. The van der Waals surface area contributed by atoms with Crippen molar-refractivity contribution >= 4 is 35.1 Å². The van der Waals surface area contributed by atoms with E-state index in [1.807, 2.05) is 19.9 Å². The summed E-state index contributed by atoms with van der Waals surface area (Å²) >= 11 is 0. The van der Waals surface area contributed by atoms with Gasteiger partial charge in [-0.15, -0.1) is 0 Å². The average molecular weight is 413 g/mol. The van der Waals surface area contributed by atoms with Gasteiger partial charge in [-0.2, -0.15) is 0 Å². The van der Waals surface area contributed by atoms with Crippen molar-refractivity contribution in [1.29, 1.82) is 0 Å². The first-order chi connectivity index (χ1) is 14.8. The third-order valence-electron chi connectivity index (χ3n) is 5.29. The van der Waals surface area contributed by atoms with E-state index in [4.69, 9.17) is 0 Å². The van der Waals surface area contributed by atoms with Gasteiger partial charge in [0.2, 0.25) is 0 Å². The Hall–Kier alpha value is -4.26. The fourth-order valence-corrected chi connectivity index (χ4v) is 3.45. The average Bonchev–Trinajstić information content (AvgIpc) is 3.00. The lowest BCUT2D eigenvalue weighted by molar-refractivity contribution is -0.254. The van der Waals surface area contributed by atoms with Gasteiger partial charge in [0.15, 0.2) is 0 Å². The van der Waals surface area contributed by atoms with Crippen molar-refractivity contribution in [2.75, 3.05) is 10.2 Å². The molecule has 0 spiro atoms. The van der Waals surface area contributed by atoms with Crippen molar-refractivity contribution in [3.8, 4) is 0 Å². The molecule has 4 rings (SSSR count). The van der Waals surface area contributed by atoms with Crippen LogP contribution in [-0.4, -0.2) is 23.7 Å². The highest BCUT2D eigenvalue weighted by molar-refractivity contribution is 6.34. The van der Waals surface area contributed by atoms with E-state index < -0.39 is 23.7 Å². The zero-order valence-corrected chi connectivity index (χ0v) is 16.8. The van der Waals surface area contributed by atoms with Crippen LogP contribution in [0.15, 0.2) is 60.7 Å². The van der Waals surface area contributed by atoms with Crippen molar-refractivity contribution in [2.45, 2.75) is 13.8 Å². The van der Waals surface area contributed by atoms with Crippen LogP contribution in [-0.2, 0) is 0 Å². The van der Waals surface area contributed by atoms with Gasteiger partial charge in [-0.1, -0.05) is 24.3 Å². The molecule has 3 amide bonds. The number of nitrogens with one attached hydrogen (secondary N) is 1. The number of aromatic carboxylic acids is 1.